The minimum Gasteiger partial charge on any atom is -0.490 e. The van der Waals surface area contributed by atoms with Crippen LogP contribution in [0, 0.1) is 5.92 Å². The van der Waals surface area contributed by atoms with E-state index >= 15 is 0 Å². The molecule has 26 heavy (non-hydrogen) atoms. The number of nitrogens with one attached hydrogen (secondary N) is 1. The van der Waals surface area contributed by atoms with E-state index in [-0.39, 0.29) is 0 Å². The molecule has 1 N–H and O–H groups in total. The maximum absolute atomic E-state index is 6.43. The van der Waals surface area contributed by atoms with E-state index in [1.54, 1.807) is 18.2 Å². The monoisotopic (exact) mass is 415 g/mol. The van der Waals surface area contributed by atoms with E-state index in [0.717, 1.165) is 17.7 Å². The molecule has 0 saturated carbocycles. The van der Waals surface area contributed by atoms with Crippen molar-refractivity contribution in [2.24, 2.45) is 5.92 Å². The Morgan fingerprint density at radius 1 is 0.923 bits per heavy atom. The quantitative estimate of drug-likeness (QED) is 0.515. The lowest BCUT2D eigenvalue weighted by molar-refractivity contribution is 0.269. The topological polar surface area (TPSA) is 30.5 Å². The third kappa shape index (κ3) is 6.24. The van der Waals surface area contributed by atoms with Gasteiger partial charge in [0.25, 0.3) is 0 Å². The first kappa shape index (κ1) is 21.2. The molecular weight excluding hydrogens is 393 g/mol. The Morgan fingerprint density at radius 3 is 2.27 bits per heavy atom. The van der Waals surface area contributed by atoms with Gasteiger partial charge in [0, 0.05) is 33.2 Å². The van der Waals surface area contributed by atoms with E-state index in [0.29, 0.717) is 52.2 Å². The van der Waals surface area contributed by atoms with Crippen molar-refractivity contribution < 1.29 is 9.47 Å². The summed E-state index contributed by atoms with van der Waals surface area (Å²) in [4.78, 5) is 0. The molecule has 142 valence electrons. The third-order valence-corrected chi connectivity index (χ3v) is 4.62. The third-order valence-electron chi connectivity index (χ3n) is 3.68. The van der Waals surface area contributed by atoms with Gasteiger partial charge in [0.1, 0.15) is 6.61 Å². The number of halogens is 3. The minimum absolute atomic E-state index is 0.303. The summed E-state index contributed by atoms with van der Waals surface area (Å²) in [5.41, 5.74) is 1.82. The average molecular weight is 417 g/mol. The van der Waals surface area contributed by atoms with Crippen molar-refractivity contribution in [2.45, 2.75) is 33.9 Å². The molecule has 2 aromatic carbocycles. The number of benzene rings is 2. The summed E-state index contributed by atoms with van der Waals surface area (Å²) in [6.45, 7) is 8.72. The summed E-state index contributed by atoms with van der Waals surface area (Å²) in [5.74, 6) is 1.84. The molecule has 0 aliphatic carbocycles. The maximum Gasteiger partial charge on any atom is 0.163 e. The first-order chi connectivity index (χ1) is 12.4. The van der Waals surface area contributed by atoms with Crippen LogP contribution in [0.5, 0.6) is 11.5 Å². The van der Waals surface area contributed by atoms with Crippen LogP contribution in [-0.4, -0.2) is 13.2 Å². The lowest BCUT2D eigenvalue weighted by Gasteiger charge is -2.16. The van der Waals surface area contributed by atoms with Crippen molar-refractivity contribution in [3.05, 3.63) is 56.5 Å². The van der Waals surface area contributed by atoms with Crippen molar-refractivity contribution in [3.8, 4) is 11.5 Å². The number of hydrogen-bond donors (Lipinski definition) is 1. The molecule has 0 aliphatic rings. The van der Waals surface area contributed by atoms with E-state index in [4.69, 9.17) is 44.3 Å². The van der Waals surface area contributed by atoms with Gasteiger partial charge in [-0.25, -0.2) is 0 Å². The molecule has 0 unspecified atom stereocenters. The summed E-state index contributed by atoms with van der Waals surface area (Å²) >= 11 is 18.6. The second-order valence-electron chi connectivity index (χ2n) is 6.37. The molecule has 0 aliphatic heterocycles. The van der Waals surface area contributed by atoms with Gasteiger partial charge >= 0.3 is 0 Å². The fraction of sp³-hybridized carbons (Fsp3) is 0.400. The minimum atomic E-state index is 0.303. The molecule has 3 nitrogen and oxygen atoms in total. The Labute approximate surface area is 170 Å². The van der Waals surface area contributed by atoms with Crippen molar-refractivity contribution in [3.63, 3.8) is 0 Å². The molecule has 6 heteroatoms. The number of rotatable bonds is 9. The first-order valence-corrected chi connectivity index (χ1v) is 9.76. The summed E-state index contributed by atoms with van der Waals surface area (Å²) < 4.78 is 11.6. The van der Waals surface area contributed by atoms with Gasteiger partial charge in [0.2, 0.25) is 0 Å². The molecule has 0 heterocycles. The van der Waals surface area contributed by atoms with Crippen molar-refractivity contribution >= 4 is 34.8 Å². The molecule has 0 saturated heterocycles. The molecule has 2 rings (SSSR count). The van der Waals surface area contributed by atoms with Gasteiger partial charge in [-0.15, -0.1) is 0 Å². The van der Waals surface area contributed by atoms with E-state index in [1.807, 2.05) is 19.1 Å². The van der Waals surface area contributed by atoms with Crippen LogP contribution < -0.4 is 14.8 Å². The van der Waals surface area contributed by atoms with Crippen LogP contribution in [0.3, 0.4) is 0 Å². The Balaban J connectivity index is 2.14. The van der Waals surface area contributed by atoms with Crippen LogP contribution >= 0.6 is 34.8 Å². The van der Waals surface area contributed by atoms with Gasteiger partial charge in [-0.1, -0.05) is 54.7 Å². The van der Waals surface area contributed by atoms with Crippen LogP contribution in [-0.2, 0) is 13.2 Å². The van der Waals surface area contributed by atoms with Crippen LogP contribution in [0.25, 0.3) is 0 Å². The average Bonchev–Trinajstić information content (AvgIpc) is 2.57. The van der Waals surface area contributed by atoms with Crippen LogP contribution in [0.4, 0.5) is 0 Å². The van der Waals surface area contributed by atoms with Gasteiger partial charge < -0.3 is 14.8 Å². The summed E-state index contributed by atoms with van der Waals surface area (Å²) in [6, 6.07) is 9.05. The van der Waals surface area contributed by atoms with Crippen molar-refractivity contribution in [1.82, 2.24) is 5.32 Å². The number of ether oxygens (including phenoxy) is 2. The number of hydrogen-bond acceptors (Lipinski definition) is 3. The van der Waals surface area contributed by atoms with Gasteiger partial charge in [0.05, 0.1) is 6.61 Å². The zero-order chi connectivity index (χ0) is 19.1. The predicted molar refractivity (Wildman–Crippen MR) is 110 cm³/mol. The van der Waals surface area contributed by atoms with Crippen LogP contribution in [0.15, 0.2) is 30.3 Å². The smallest absolute Gasteiger partial charge is 0.163 e. The Hall–Kier alpha value is -1.13. The lowest BCUT2D eigenvalue weighted by Crippen LogP contribution is -2.19. The van der Waals surface area contributed by atoms with Gasteiger partial charge in [-0.05, 0) is 43.1 Å². The second-order valence-corrected chi connectivity index (χ2v) is 7.62. The molecule has 0 fully saturated rings. The molecule has 0 radical (unpaired) electrons. The standard InChI is InChI=1S/C20H24Cl3NO2/c1-4-25-19-7-15(11-24-10-13(2)3)18(23)9-20(19)26-12-14-5-6-16(21)8-17(14)22/h5-9,13,24H,4,10-12H2,1-3H3. The summed E-state index contributed by atoms with van der Waals surface area (Å²) in [7, 11) is 0. The highest BCUT2D eigenvalue weighted by Crippen LogP contribution is 2.35. The zero-order valence-electron chi connectivity index (χ0n) is 15.2. The first-order valence-electron chi connectivity index (χ1n) is 8.63. The van der Waals surface area contributed by atoms with E-state index in [9.17, 15) is 0 Å². The fourth-order valence-corrected chi connectivity index (χ4v) is 3.07. The lowest BCUT2D eigenvalue weighted by atomic mass is 10.1. The van der Waals surface area contributed by atoms with E-state index in [1.165, 1.54) is 0 Å². The van der Waals surface area contributed by atoms with Gasteiger partial charge in [-0.3, -0.25) is 0 Å². The summed E-state index contributed by atoms with van der Waals surface area (Å²) in [6.07, 6.45) is 0. The largest absolute Gasteiger partial charge is 0.490 e. The summed E-state index contributed by atoms with van der Waals surface area (Å²) in [5, 5.41) is 5.19. The second kappa shape index (κ2) is 10.3. The molecule has 0 spiro atoms. The predicted octanol–water partition coefficient (Wildman–Crippen LogP) is 6.37. The van der Waals surface area contributed by atoms with E-state index < -0.39 is 0 Å². The molecule has 0 amide bonds. The molecule has 2 aromatic rings. The van der Waals surface area contributed by atoms with Gasteiger partial charge in [0.15, 0.2) is 11.5 Å². The highest BCUT2D eigenvalue weighted by atomic mass is 35.5. The zero-order valence-corrected chi connectivity index (χ0v) is 17.5. The Kier molecular flexibility index (Phi) is 8.36. The van der Waals surface area contributed by atoms with Crippen molar-refractivity contribution in [2.75, 3.05) is 13.2 Å². The van der Waals surface area contributed by atoms with E-state index in [2.05, 4.69) is 19.2 Å². The fourth-order valence-electron chi connectivity index (χ4n) is 2.38. The van der Waals surface area contributed by atoms with Crippen LogP contribution in [0.2, 0.25) is 15.1 Å². The van der Waals surface area contributed by atoms with Gasteiger partial charge in [-0.2, -0.15) is 0 Å². The molecule has 0 atom stereocenters. The maximum atomic E-state index is 6.43. The van der Waals surface area contributed by atoms with Crippen LogP contribution in [0.1, 0.15) is 31.9 Å². The molecule has 0 aromatic heterocycles. The molecule has 0 bridgehead atoms. The molecular formula is C20H24Cl3NO2. The Bertz CT molecular complexity index is 735. The highest BCUT2D eigenvalue weighted by Gasteiger charge is 2.12. The SMILES string of the molecule is CCOc1cc(CNCC(C)C)c(Cl)cc1OCc1ccc(Cl)cc1Cl. The normalized spacial score (nSPS) is 11.0. The Morgan fingerprint density at radius 2 is 1.62 bits per heavy atom. The highest BCUT2D eigenvalue weighted by molar-refractivity contribution is 6.35. The van der Waals surface area contributed by atoms with Crippen molar-refractivity contribution in [1.29, 1.82) is 0 Å².